The van der Waals surface area contributed by atoms with Crippen molar-refractivity contribution in [2.75, 3.05) is 19.6 Å². The van der Waals surface area contributed by atoms with Crippen LogP contribution in [-0.4, -0.2) is 24.5 Å². The summed E-state index contributed by atoms with van der Waals surface area (Å²) in [7, 11) is 0. The summed E-state index contributed by atoms with van der Waals surface area (Å²) >= 11 is 0. The highest BCUT2D eigenvalue weighted by Crippen LogP contribution is 2.08. The Labute approximate surface area is 119 Å². The van der Waals surface area contributed by atoms with Crippen molar-refractivity contribution in [3.05, 3.63) is 35.9 Å². The van der Waals surface area contributed by atoms with Crippen molar-refractivity contribution in [1.82, 2.24) is 4.90 Å². The van der Waals surface area contributed by atoms with Gasteiger partial charge in [0.25, 0.3) is 0 Å². The largest absolute Gasteiger partial charge is 0.304 e. The van der Waals surface area contributed by atoms with Gasteiger partial charge in [0.2, 0.25) is 0 Å². The summed E-state index contributed by atoms with van der Waals surface area (Å²) in [6, 6.07) is 10.8. The van der Waals surface area contributed by atoms with Gasteiger partial charge in [-0.2, -0.15) is 0 Å². The van der Waals surface area contributed by atoms with Crippen LogP contribution in [0.15, 0.2) is 30.3 Å². The summed E-state index contributed by atoms with van der Waals surface area (Å²) in [4.78, 5) is 2.51. The Kier molecular flexibility index (Phi) is 11.2. The second-order valence-electron chi connectivity index (χ2n) is 4.68. The molecule has 0 aromatic heterocycles. The third-order valence-electron chi connectivity index (χ3n) is 3.43. The van der Waals surface area contributed by atoms with Gasteiger partial charge in [0.15, 0.2) is 0 Å². The first-order chi connectivity index (χ1) is 8.36. The molecule has 0 bridgehead atoms. The number of hydrogen-bond donors (Lipinski definition) is 0. The predicted molar refractivity (Wildman–Crippen MR) is 83.7 cm³/mol. The maximum atomic E-state index is 2.51. The maximum Gasteiger partial charge on any atom is -0.00190 e. The smallest absolute Gasteiger partial charge is 0.00190 e. The molecular formula is C16H28ClN. The number of hydrogen-bond acceptors (Lipinski definition) is 1. The van der Waals surface area contributed by atoms with Gasteiger partial charge in [0, 0.05) is 0 Å². The molecule has 104 valence electrons. The predicted octanol–water partition coefficient (Wildman–Crippen LogP) is 4.55. The van der Waals surface area contributed by atoms with Crippen molar-refractivity contribution >= 4 is 12.4 Å². The zero-order chi connectivity index (χ0) is 12.3. The highest BCUT2D eigenvalue weighted by molar-refractivity contribution is 5.85. The minimum absolute atomic E-state index is 0. The van der Waals surface area contributed by atoms with E-state index >= 15 is 0 Å². The molecule has 0 N–H and O–H groups in total. The van der Waals surface area contributed by atoms with Crippen molar-refractivity contribution in [1.29, 1.82) is 0 Å². The molecule has 0 amide bonds. The van der Waals surface area contributed by atoms with Crippen LogP contribution in [0.4, 0.5) is 0 Å². The van der Waals surface area contributed by atoms with E-state index in [1.54, 1.807) is 0 Å². The monoisotopic (exact) mass is 269 g/mol. The molecule has 0 aliphatic carbocycles. The van der Waals surface area contributed by atoms with Crippen LogP contribution in [0.5, 0.6) is 0 Å². The van der Waals surface area contributed by atoms with Crippen LogP contribution in [0.3, 0.4) is 0 Å². The first-order valence-electron chi connectivity index (χ1n) is 7.13. The lowest BCUT2D eigenvalue weighted by atomic mass is 10.1. The molecule has 0 unspecified atom stereocenters. The highest BCUT2D eigenvalue weighted by atomic mass is 35.5. The van der Waals surface area contributed by atoms with Gasteiger partial charge in [-0.1, -0.05) is 57.0 Å². The average Bonchev–Trinajstić information content (AvgIpc) is 2.39. The first kappa shape index (κ1) is 17.5. The summed E-state index contributed by atoms with van der Waals surface area (Å²) in [5.41, 5.74) is 1.48. The number of aryl methyl sites for hydroxylation is 1. The van der Waals surface area contributed by atoms with Crippen molar-refractivity contribution in [3.8, 4) is 0 Å². The number of rotatable bonds is 9. The molecule has 2 heteroatoms. The lowest BCUT2D eigenvalue weighted by Gasteiger charge is -2.17. The van der Waals surface area contributed by atoms with Crippen molar-refractivity contribution in [3.63, 3.8) is 0 Å². The normalized spacial score (nSPS) is 10.4. The van der Waals surface area contributed by atoms with Gasteiger partial charge < -0.3 is 4.90 Å². The van der Waals surface area contributed by atoms with E-state index in [4.69, 9.17) is 0 Å². The molecule has 0 saturated heterocycles. The Hall–Kier alpha value is -0.530. The van der Waals surface area contributed by atoms with E-state index in [-0.39, 0.29) is 12.4 Å². The molecule has 0 radical (unpaired) electrons. The van der Waals surface area contributed by atoms with Crippen LogP contribution in [0.2, 0.25) is 0 Å². The third-order valence-corrected chi connectivity index (χ3v) is 3.43. The van der Waals surface area contributed by atoms with E-state index in [0.717, 1.165) is 0 Å². The SMILES string of the molecule is CCN(CC)CCCCCCc1ccccc1.Cl. The lowest BCUT2D eigenvalue weighted by Crippen LogP contribution is -2.23. The van der Waals surface area contributed by atoms with Crippen LogP contribution < -0.4 is 0 Å². The van der Waals surface area contributed by atoms with Gasteiger partial charge in [0.05, 0.1) is 0 Å². The zero-order valence-electron chi connectivity index (χ0n) is 11.9. The Bertz CT molecular complexity index is 270. The molecular weight excluding hydrogens is 242 g/mol. The molecule has 0 heterocycles. The zero-order valence-corrected chi connectivity index (χ0v) is 12.7. The number of halogens is 1. The number of unbranched alkanes of at least 4 members (excludes halogenated alkanes) is 3. The van der Waals surface area contributed by atoms with Gasteiger partial charge in [-0.25, -0.2) is 0 Å². The molecule has 0 aliphatic heterocycles. The third kappa shape index (κ3) is 7.73. The Morgan fingerprint density at radius 3 is 2.06 bits per heavy atom. The van der Waals surface area contributed by atoms with Crippen molar-refractivity contribution < 1.29 is 0 Å². The van der Waals surface area contributed by atoms with Crippen molar-refractivity contribution in [2.24, 2.45) is 0 Å². The van der Waals surface area contributed by atoms with E-state index in [9.17, 15) is 0 Å². The molecule has 1 aromatic rings. The standard InChI is InChI=1S/C16H27N.ClH/c1-3-17(4-2)15-11-6-5-8-12-16-13-9-7-10-14-16;/h7,9-10,13-14H,3-6,8,11-12,15H2,1-2H3;1H. The van der Waals surface area contributed by atoms with Crippen LogP contribution in [0, 0.1) is 0 Å². The summed E-state index contributed by atoms with van der Waals surface area (Å²) in [5, 5.41) is 0. The minimum atomic E-state index is 0. The molecule has 0 spiro atoms. The summed E-state index contributed by atoms with van der Waals surface area (Å²) in [6.07, 6.45) is 6.68. The Morgan fingerprint density at radius 1 is 0.833 bits per heavy atom. The van der Waals surface area contributed by atoms with Gasteiger partial charge >= 0.3 is 0 Å². The molecule has 0 aliphatic rings. The molecule has 1 nitrogen and oxygen atoms in total. The Morgan fingerprint density at radius 2 is 1.44 bits per heavy atom. The van der Waals surface area contributed by atoms with E-state index in [1.165, 1.54) is 57.3 Å². The topological polar surface area (TPSA) is 3.24 Å². The van der Waals surface area contributed by atoms with Crippen LogP contribution in [0.1, 0.15) is 45.1 Å². The molecule has 0 saturated carbocycles. The second-order valence-corrected chi connectivity index (χ2v) is 4.68. The molecule has 1 aromatic carbocycles. The van der Waals surface area contributed by atoms with E-state index in [2.05, 4.69) is 49.1 Å². The van der Waals surface area contributed by atoms with Crippen molar-refractivity contribution in [2.45, 2.75) is 46.0 Å². The summed E-state index contributed by atoms with van der Waals surface area (Å²) in [6.45, 7) is 8.16. The van der Waals surface area contributed by atoms with Gasteiger partial charge in [-0.15, -0.1) is 12.4 Å². The highest BCUT2D eigenvalue weighted by Gasteiger charge is 1.98. The summed E-state index contributed by atoms with van der Waals surface area (Å²) < 4.78 is 0. The average molecular weight is 270 g/mol. The second kappa shape index (κ2) is 11.6. The fourth-order valence-corrected chi connectivity index (χ4v) is 2.20. The van der Waals surface area contributed by atoms with E-state index in [1.807, 2.05) is 0 Å². The minimum Gasteiger partial charge on any atom is -0.304 e. The molecule has 1 rings (SSSR count). The molecule has 0 fully saturated rings. The van der Waals surface area contributed by atoms with Crippen LogP contribution in [-0.2, 0) is 6.42 Å². The van der Waals surface area contributed by atoms with Gasteiger partial charge in [0.1, 0.15) is 0 Å². The van der Waals surface area contributed by atoms with E-state index in [0.29, 0.717) is 0 Å². The maximum absolute atomic E-state index is 2.51. The van der Waals surface area contributed by atoms with Gasteiger partial charge in [-0.05, 0) is 44.5 Å². The molecule has 18 heavy (non-hydrogen) atoms. The first-order valence-corrected chi connectivity index (χ1v) is 7.13. The quantitative estimate of drug-likeness (QED) is 0.595. The molecule has 0 atom stereocenters. The Balaban J connectivity index is 0.00000289. The lowest BCUT2D eigenvalue weighted by molar-refractivity contribution is 0.295. The fraction of sp³-hybridized carbons (Fsp3) is 0.625. The number of benzene rings is 1. The fourth-order valence-electron chi connectivity index (χ4n) is 2.20. The van der Waals surface area contributed by atoms with E-state index < -0.39 is 0 Å². The summed E-state index contributed by atoms with van der Waals surface area (Å²) in [5.74, 6) is 0. The number of nitrogens with zero attached hydrogens (tertiary/aromatic N) is 1. The van der Waals surface area contributed by atoms with Gasteiger partial charge in [-0.3, -0.25) is 0 Å². The van der Waals surface area contributed by atoms with Crippen LogP contribution >= 0.6 is 12.4 Å². The van der Waals surface area contributed by atoms with Crippen LogP contribution in [0.25, 0.3) is 0 Å².